The molecule has 0 spiro atoms. The van der Waals surface area contributed by atoms with Crippen molar-refractivity contribution >= 4 is 65.6 Å². The first-order valence-electron chi connectivity index (χ1n) is 10.7. The van der Waals surface area contributed by atoms with Gasteiger partial charge in [0.2, 0.25) is 5.91 Å². The maximum Gasteiger partial charge on any atom is 0.253 e. The van der Waals surface area contributed by atoms with Crippen LogP contribution in [-0.2, 0) is 19.6 Å². The van der Waals surface area contributed by atoms with Crippen LogP contribution in [0.15, 0.2) is 28.5 Å². The topological polar surface area (TPSA) is 79.8 Å². The average molecular weight is 548 g/mol. The number of fused-ring (bicyclic) bond motifs is 1. The number of amides is 1. The lowest BCUT2D eigenvalue weighted by atomic mass is 10.2. The van der Waals surface area contributed by atoms with E-state index >= 15 is 0 Å². The molecule has 0 N–H and O–H groups in total. The Labute approximate surface area is 207 Å². The highest BCUT2D eigenvalue weighted by Gasteiger charge is 2.43. The Hall–Kier alpha value is -1.70. The molecule has 5 rings (SSSR count). The summed E-state index contributed by atoms with van der Waals surface area (Å²) in [5, 5.41) is 0.184. The second kappa shape index (κ2) is 9.40. The summed E-state index contributed by atoms with van der Waals surface area (Å²) < 4.78 is 62.2. The van der Waals surface area contributed by atoms with Crippen molar-refractivity contribution in [1.29, 1.82) is 0 Å². The molecule has 182 valence electrons. The molecule has 2 aromatic heterocycles. The highest BCUT2D eigenvalue weighted by atomic mass is 35.5. The molecule has 0 radical (unpaired) electrons. The Morgan fingerprint density at radius 1 is 1.24 bits per heavy atom. The molecule has 2 saturated heterocycles. The molecule has 4 heterocycles. The summed E-state index contributed by atoms with van der Waals surface area (Å²) in [6.07, 6.45) is 2.18. The Morgan fingerprint density at radius 2 is 2.06 bits per heavy atom. The van der Waals surface area contributed by atoms with E-state index in [2.05, 4.69) is 4.98 Å². The molecule has 13 heteroatoms. The van der Waals surface area contributed by atoms with E-state index < -0.39 is 33.6 Å². The fourth-order valence-electron chi connectivity index (χ4n) is 4.32. The summed E-state index contributed by atoms with van der Waals surface area (Å²) in [4.78, 5) is 19.4. The molecule has 0 aliphatic carbocycles. The summed E-state index contributed by atoms with van der Waals surface area (Å²) in [5.41, 5.74) is -0.0318. The number of thiophene rings is 1. The molecule has 0 saturated carbocycles. The van der Waals surface area contributed by atoms with Gasteiger partial charge in [-0.05, 0) is 43.9 Å². The van der Waals surface area contributed by atoms with Gasteiger partial charge in [0, 0.05) is 19.2 Å². The minimum Gasteiger partial charge on any atom is -0.376 e. The third-order valence-corrected chi connectivity index (χ3v) is 10.5. The molecular weight excluding hydrogens is 528 g/mol. The van der Waals surface area contributed by atoms with Crippen molar-refractivity contribution in [3.8, 4) is 0 Å². The Morgan fingerprint density at radius 3 is 2.76 bits per heavy atom. The fraction of sp³-hybridized carbons (Fsp3) is 0.429. The zero-order valence-corrected chi connectivity index (χ0v) is 21.0. The van der Waals surface area contributed by atoms with Gasteiger partial charge in [-0.2, -0.15) is 4.31 Å². The number of ether oxygens (including phenoxy) is 1. The van der Waals surface area contributed by atoms with Gasteiger partial charge in [0.25, 0.3) is 10.0 Å². The molecule has 7 nitrogen and oxygen atoms in total. The Balaban J connectivity index is 1.51. The lowest BCUT2D eigenvalue weighted by molar-refractivity contribution is -0.122. The standard InChI is InChI=1S/C21H20ClF2N3O4S3/c22-17-5-6-18(33-17)34(29,30)27-7-1-4-15(27)20(28)26(11-13-3-2-8-31-13)21-25-19-14(24)9-12(23)10-16(19)32-21/h5-6,9-10,13,15H,1-4,7-8,11H2. The van der Waals surface area contributed by atoms with Gasteiger partial charge in [0.15, 0.2) is 10.9 Å². The van der Waals surface area contributed by atoms with Gasteiger partial charge in [-0.15, -0.1) is 11.3 Å². The molecule has 3 aromatic rings. The molecule has 2 aliphatic rings. The van der Waals surface area contributed by atoms with Gasteiger partial charge in [-0.25, -0.2) is 22.2 Å². The van der Waals surface area contributed by atoms with Crippen molar-refractivity contribution in [2.24, 2.45) is 0 Å². The second-order valence-electron chi connectivity index (χ2n) is 8.15. The molecule has 2 unspecified atom stereocenters. The van der Waals surface area contributed by atoms with E-state index in [0.717, 1.165) is 41.6 Å². The van der Waals surface area contributed by atoms with E-state index in [1.165, 1.54) is 27.4 Å². The monoisotopic (exact) mass is 547 g/mol. The van der Waals surface area contributed by atoms with Gasteiger partial charge < -0.3 is 4.74 Å². The first kappa shape index (κ1) is 24.0. The van der Waals surface area contributed by atoms with Crippen LogP contribution in [0.3, 0.4) is 0 Å². The zero-order valence-electron chi connectivity index (χ0n) is 17.7. The number of sulfonamides is 1. The van der Waals surface area contributed by atoms with Crippen molar-refractivity contribution in [2.45, 2.75) is 42.0 Å². The SMILES string of the molecule is O=C(C1CCCN1S(=O)(=O)c1ccc(Cl)s1)N(CC1CCCO1)c1nc2c(F)cc(F)cc2s1. The molecule has 1 amide bonds. The van der Waals surface area contributed by atoms with E-state index in [0.29, 0.717) is 23.8 Å². The Kier molecular flexibility index (Phi) is 6.64. The number of carbonyl (C=O) groups is 1. The van der Waals surface area contributed by atoms with Crippen molar-refractivity contribution < 1.29 is 26.7 Å². The zero-order chi connectivity index (χ0) is 24.0. The van der Waals surface area contributed by atoms with Gasteiger partial charge in [-0.3, -0.25) is 9.69 Å². The molecule has 0 bridgehead atoms. The van der Waals surface area contributed by atoms with Crippen molar-refractivity contribution in [2.75, 3.05) is 24.6 Å². The summed E-state index contributed by atoms with van der Waals surface area (Å²) in [5.74, 6) is -2.01. The highest BCUT2D eigenvalue weighted by molar-refractivity contribution is 7.91. The number of halogens is 3. The number of nitrogens with zero attached hydrogens (tertiary/aromatic N) is 3. The summed E-state index contributed by atoms with van der Waals surface area (Å²) in [6, 6.07) is 3.90. The predicted molar refractivity (Wildman–Crippen MR) is 127 cm³/mol. The highest BCUT2D eigenvalue weighted by Crippen LogP contribution is 2.36. The third kappa shape index (κ3) is 4.47. The first-order valence-corrected chi connectivity index (χ1v) is 14.1. The van der Waals surface area contributed by atoms with Crippen LogP contribution < -0.4 is 4.90 Å². The summed E-state index contributed by atoms with van der Waals surface area (Å²) in [6.45, 7) is 0.912. The molecule has 2 aliphatic heterocycles. The summed E-state index contributed by atoms with van der Waals surface area (Å²) in [7, 11) is -3.93. The number of hydrogen-bond acceptors (Lipinski definition) is 7. The van der Waals surface area contributed by atoms with Crippen LogP contribution in [0.4, 0.5) is 13.9 Å². The van der Waals surface area contributed by atoms with Crippen LogP contribution in [0, 0.1) is 11.6 Å². The molecule has 34 heavy (non-hydrogen) atoms. The van der Waals surface area contributed by atoms with Crippen molar-refractivity contribution in [3.05, 3.63) is 40.2 Å². The number of hydrogen-bond donors (Lipinski definition) is 0. The molecule has 2 atom stereocenters. The van der Waals surface area contributed by atoms with E-state index in [9.17, 15) is 22.0 Å². The quantitative estimate of drug-likeness (QED) is 0.449. The molecular formula is C21H20ClF2N3O4S3. The van der Waals surface area contributed by atoms with E-state index in [1.807, 2.05) is 0 Å². The number of anilines is 1. The van der Waals surface area contributed by atoms with Crippen molar-refractivity contribution in [1.82, 2.24) is 9.29 Å². The van der Waals surface area contributed by atoms with Crippen molar-refractivity contribution in [3.63, 3.8) is 0 Å². The smallest absolute Gasteiger partial charge is 0.253 e. The van der Waals surface area contributed by atoms with Gasteiger partial charge >= 0.3 is 0 Å². The van der Waals surface area contributed by atoms with Crippen LogP contribution in [0.2, 0.25) is 4.34 Å². The van der Waals surface area contributed by atoms with E-state index in [1.54, 1.807) is 0 Å². The lowest BCUT2D eigenvalue weighted by Crippen LogP contribution is -2.49. The maximum atomic E-state index is 14.3. The third-order valence-electron chi connectivity index (χ3n) is 5.91. The van der Waals surface area contributed by atoms with Gasteiger partial charge in [0.05, 0.1) is 21.7 Å². The van der Waals surface area contributed by atoms with Gasteiger partial charge in [-0.1, -0.05) is 22.9 Å². The Bertz CT molecular complexity index is 1340. The molecule has 1 aromatic carbocycles. The average Bonchev–Trinajstić information content (AvgIpc) is 3.57. The van der Waals surface area contributed by atoms with Gasteiger partial charge in [0.1, 0.15) is 21.6 Å². The number of thiazole rings is 1. The van der Waals surface area contributed by atoms with Crippen LogP contribution in [0.5, 0.6) is 0 Å². The van der Waals surface area contributed by atoms with Crippen LogP contribution in [0.1, 0.15) is 25.7 Å². The fourth-order valence-corrected chi connectivity index (χ4v) is 8.60. The maximum absolute atomic E-state index is 14.3. The second-order valence-corrected chi connectivity index (χ2v) is 13.0. The lowest BCUT2D eigenvalue weighted by Gasteiger charge is -2.29. The number of benzene rings is 1. The number of rotatable bonds is 6. The minimum absolute atomic E-state index is 0.0318. The van der Waals surface area contributed by atoms with E-state index in [4.69, 9.17) is 16.3 Å². The normalized spacial score (nSPS) is 21.5. The van der Waals surface area contributed by atoms with Crippen LogP contribution in [-0.4, -0.2) is 55.5 Å². The van der Waals surface area contributed by atoms with Crippen LogP contribution >= 0.6 is 34.3 Å². The minimum atomic E-state index is -3.93. The summed E-state index contributed by atoms with van der Waals surface area (Å²) >= 11 is 7.87. The number of aromatic nitrogens is 1. The van der Waals surface area contributed by atoms with Crippen LogP contribution in [0.25, 0.3) is 10.2 Å². The first-order chi connectivity index (χ1) is 16.2. The predicted octanol–water partition coefficient (Wildman–Crippen LogP) is 4.65. The molecule has 2 fully saturated rings. The van der Waals surface area contributed by atoms with E-state index in [-0.39, 0.29) is 38.8 Å². The largest absolute Gasteiger partial charge is 0.376 e. The number of carbonyl (C=O) groups excluding carboxylic acids is 1.